The average molecular weight is 289 g/mol. The van der Waals surface area contributed by atoms with E-state index >= 15 is 0 Å². The van der Waals surface area contributed by atoms with E-state index in [0.29, 0.717) is 19.4 Å². The van der Waals surface area contributed by atoms with Crippen LogP contribution in [0.4, 0.5) is 0 Å². The van der Waals surface area contributed by atoms with E-state index in [1.54, 1.807) is 4.90 Å². The van der Waals surface area contributed by atoms with E-state index in [1.807, 2.05) is 25.1 Å². The molecule has 1 heterocycles. The zero-order chi connectivity index (χ0) is 15.4. The second-order valence-electron chi connectivity index (χ2n) is 5.72. The molecule has 0 unspecified atom stereocenters. The average Bonchev–Trinajstić information content (AvgIpc) is 2.50. The lowest BCUT2D eigenvalue weighted by atomic mass is 9.99. The summed E-state index contributed by atoms with van der Waals surface area (Å²) in [5.74, 6) is -0.295. The molecular weight excluding hydrogens is 266 g/mol. The Balaban J connectivity index is 2.10. The van der Waals surface area contributed by atoms with Crippen molar-refractivity contribution in [1.82, 2.24) is 4.90 Å². The summed E-state index contributed by atoms with van der Waals surface area (Å²) in [5, 5.41) is 0. The number of hydrogen-bond acceptors (Lipinski definition) is 3. The van der Waals surface area contributed by atoms with Crippen molar-refractivity contribution >= 4 is 11.9 Å². The number of carbonyl (C=O) groups excluding carboxylic acids is 2. The molecule has 0 aliphatic carbocycles. The number of methoxy groups -OCH3 is 1. The van der Waals surface area contributed by atoms with Crippen LogP contribution in [0.15, 0.2) is 18.2 Å². The smallest absolute Gasteiger partial charge is 0.328 e. The van der Waals surface area contributed by atoms with E-state index in [2.05, 4.69) is 6.92 Å². The van der Waals surface area contributed by atoms with Gasteiger partial charge in [0.05, 0.1) is 13.5 Å². The van der Waals surface area contributed by atoms with E-state index in [0.717, 1.165) is 18.4 Å². The van der Waals surface area contributed by atoms with Gasteiger partial charge in [-0.1, -0.05) is 18.2 Å². The minimum absolute atomic E-state index is 0.00773. The van der Waals surface area contributed by atoms with Crippen LogP contribution in [0.1, 0.15) is 36.0 Å². The van der Waals surface area contributed by atoms with Crippen LogP contribution < -0.4 is 0 Å². The van der Waals surface area contributed by atoms with Gasteiger partial charge in [0.15, 0.2) is 0 Å². The molecule has 1 fully saturated rings. The first-order valence-corrected chi connectivity index (χ1v) is 7.46. The van der Waals surface area contributed by atoms with Gasteiger partial charge in [0.2, 0.25) is 5.91 Å². The summed E-state index contributed by atoms with van der Waals surface area (Å²) in [4.78, 5) is 26.0. The van der Waals surface area contributed by atoms with Crippen molar-refractivity contribution in [1.29, 1.82) is 0 Å². The summed E-state index contributed by atoms with van der Waals surface area (Å²) < 4.78 is 4.82. The molecule has 1 atom stereocenters. The Bertz CT molecular complexity index is 539. The van der Waals surface area contributed by atoms with E-state index in [4.69, 9.17) is 4.74 Å². The van der Waals surface area contributed by atoms with Crippen LogP contribution in [0.5, 0.6) is 0 Å². The molecule has 0 bridgehead atoms. The number of benzene rings is 1. The highest BCUT2D eigenvalue weighted by Crippen LogP contribution is 2.20. The van der Waals surface area contributed by atoms with E-state index in [-0.39, 0.29) is 11.9 Å². The number of esters is 1. The molecule has 0 aromatic heterocycles. The van der Waals surface area contributed by atoms with Crippen molar-refractivity contribution in [3.05, 3.63) is 34.9 Å². The third kappa shape index (κ3) is 3.63. The number of hydrogen-bond donors (Lipinski definition) is 0. The minimum Gasteiger partial charge on any atom is -0.467 e. The summed E-state index contributed by atoms with van der Waals surface area (Å²) in [6, 6.07) is 5.65. The van der Waals surface area contributed by atoms with Gasteiger partial charge in [0, 0.05) is 6.54 Å². The SMILES string of the molecule is COC(=O)[C@H]1CCCCN1C(=O)Cc1ccc(C)c(C)c1. The van der Waals surface area contributed by atoms with Crippen LogP contribution in [0, 0.1) is 13.8 Å². The molecule has 1 amide bonds. The van der Waals surface area contributed by atoms with Crippen molar-refractivity contribution < 1.29 is 14.3 Å². The number of carbonyl (C=O) groups is 2. The Morgan fingerprint density at radius 1 is 1.24 bits per heavy atom. The Labute approximate surface area is 126 Å². The summed E-state index contributed by atoms with van der Waals surface area (Å²) in [5.41, 5.74) is 3.40. The fourth-order valence-electron chi connectivity index (χ4n) is 2.80. The minimum atomic E-state index is -0.414. The summed E-state index contributed by atoms with van der Waals surface area (Å²) >= 11 is 0. The highest BCUT2D eigenvalue weighted by atomic mass is 16.5. The Hall–Kier alpha value is -1.84. The Morgan fingerprint density at radius 2 is 2.00 bits per heavy atom. The molecule has 1 aliphatic heterocycles. The molecule has 1 aliphatic rings. The first-order chi connectivity index (χ1) is 10.0. The highest BCUT2D eigenvalue weighted by molar-refractivity contribution is 5.86. The van der Waals surface area contributed by atoms with Crippen molar-refractivity contribution in [2.24, 2.45) is 0 Å². The van der Waals surface area contributed by atoms with Crippen molar-refractivity contribution in [2.75, 3.05) is 13.7 Å². The van der Waals surface area contributed by atoms with Crippen LogP contribution in [0.25, 0.3) is 0 Å². The Kier molecular flexibility index (Phi) is 4.99. The standard InChI is InChI=1S/C17H23NO3/c1-12-7-8-14(10-13(12)2)11-16(19)18-9-5-4-6-15(18)17(20)21-3/h7-8,10,15H,4-6,9,11H2,1-3H3/t15-/m1/s1. The van der Waals surface area contributed by atoms with Crippen LogP contribution in [-0.2, 0) is 20.7 Å². The molecule has 114 valence electrons. The third-order valence-electron chi connectivity index (χ3n) is 4.22. The maximum atomic E-state index is 12.5. The molecule has 1 aromatic rings. The van der Waals surface area contributed by atoms with Crippen molar-refractivity contribution in [3.8, 4) is 0 Å². The van der Waals surface area contributed by atoms with Gasteiger partial charge in [-0.05, 0) is 49.8 Å². The summed E-state index contributed by atoms with van der Waals surface area (Å²) in [6.07, 6.45) is 2.96. The van der Waals surface area contributed by atoms with Gasteiger partial charge in [0.25, 0.3) is 0 Å². The lowest BCUT2D eigenvalue weighted by molar-refractivity contribution is -0.154. The molecule has 2 rings (SSSR count). The lowest BCUT2D eigenvalue weighted by Gasteiger charge is -2.33. The Morgan fingerprint density at radius 3 is 2.67 bits per heavy atom. The van der Waals surface area contributed by atoms with Gasteiger partial charge < -0.3 is 9.64 Å². The second kappa shape index (κ2) is 6.74. The lowest BCUT2D eigenvalue weighted by Crippen LogP contribution is -2.49. The van der Waals surface area contributed by atoms with Gasteiger partial charge in [-0.3, -0.25) is 4.79 Å². The monoisotopic (exact) mass is 289 g/mol. The van der Waals surface area contributed by atoms with Gasteiger partial charge >= 0.3 is 5.97 Å². The number of ether oxygens (including phenoxy) is 1. The first kappa shape index (κ1) is 15.5. The number of piperidine rings is 1. The molecule has 0 radical (unpaired) electrons. The molecule has 0 spiro atoms. The number of rotatable bonds is 3. The molecule has 4 nitrogen and oxygen atoms in total. The largest absolute Gasteiger partial charge is 0.467 e. The molecule has 1 saturated heterocycles. The fraction of sp³-hybridized carbons (Fsp3) is 0.529. The van der Waals surface area contributed by atoms with Crippen LogP contribution in [0.2, 0.25) is 0 Å². The van der Waals surface area contributed by atoms with Crippen LogP contribution in [0.3, 0.4) is 0 Å². The van der Waals surface area contributed by atoms with Gasteiger partial charge in [0.1, 0.15) is 6.04 Å². The maximum Gasteiger partial charge on any atom is 0.328 e. The van der Waals surface area contributed by atoms with Crippen molar-refractivity contribution in [2.45, 2.75) is 45.6 Å². The molecular formula is C17H23NO3. The van der Waals surface area contributed by atoms with Gasteiger partial charge in [-0.2, -0.15) is 0 Å². The zero-order valence-corrected chi connectivity index (χ0v) is 13.0. The molecule has 0 N–H and O–H groups in total. The van der Waals surface area contributed by atoms with Gasteiger partial charge in [-0.15, -0.1) is 0 Å². The topological polar surface area (TPSA) is 46.6 Å². The van der Waals surface area contributed by atoms with Crippen molar-refractivity contribution in [3.63, 3.8) is 0 Å². The van der Waals surface area contributed by atoms with E-state index in [1.165, 1.54) is 18.2 Å². The summed E-state index contributed by atoms with van der Waals surface area (Å²) in [6.45, 7) is 4.74. The van der Waals surface area contributed by atoms with Crippen LogP contribution >= 0.6 is 0 Å². The van der Waals surface area contributed by atoms with Gasteiger partial charge in [-0.25, -0.2) is 4.79 Å². The van der Waals surface area contributed by atoms with E-state index in [9.17, 15) is 9.59 Å². The first-order valence-electron chi connectivity index (χ1n) is 7.46. The maximum absolute atomic E-state index is 12.5. The fourth-order valence-corrected chi connectivity index (χ4v) is 2.80. The molecule has 4 heteroatoms. The quantitative estimate of drug-likeness (QED) is 0.803. The molecule has 1 aromatic carbocycles. The number of nitrogens with zero attached hydrogens (tertiary/aromatic N) is 1. The zero-order valence-electron chi connectivity index (χ0n) is 13.0. The second-order valence-corrected chi connectivity index (χ2v) is 5.72. The number of aryl methyl sites for hydroxylation is 2. The van der Waals surface area contributed by atoms with E-state index < -0.39 is 6.04 Å². The number of amides is 1. The highest BCUT2D eigenvalue weighted by Gasteiger charge is 2.32. The van der Waals surface area contributed by atoms with Crippen LogP contribution in [-0.4, -0.2) is 36.5 Å². The normalized spacial score (nSPS) is 18.4. The predicted molar refractivity (Wildman–Crippen MR) is 81.0 cm³/mol. The third-order valence-corrected chi connectivity index (χ3v) is 4.22. The number of likely N-dealkylation sites (tertiary alicyclic amines) is 1. The molecule has 0 saturated carbocycles. The predicted octanol–water partition coefficient (Wildman–Crippen LogP) is 2.40. The molecule has 21 heavy (non-hydrogen) atoms. The summed E-state index contributed by atoms with van der Waals surface area (Å²) in [7, 11) is 1.38.